The van der Waals surface area contributed by atoms with E-state index in [1.165, 1.54) is 6.07 Å². The Morgan fingerprint density at radius 3 is 2.57 bits per heavy atom. The number of rotatable bonds is 5. The van der Waals surface area contributed by atoms with Crippen molar-refractivity contribution in [3.05, 3.63) is 41.5 Å². The second-order valence-electron chi connectivity index (χ2n) is 4.16. The molecule has 0 aliphatic carbocycles. The zero-order chi connectivity index (χ0) is 15.4. The monoisotopic (exact) mass is 297 g/mol. The third kappa shape index (κ3) is 3.30. The van der Waals surface area contributed by atoms with Crippen LogP contribution in [0.15, 0.2) is 18.2 Å². The fraction of sp³-hybridized carbons (Fsp3) is 0.286. The fourth-order valence-electron chi connectivity index (χ4n) is 1.74. The topological polar surface area (TPSA) is 47.0 Å². The summed E-state index contributed by atoms with van der Waals surface area (Å²) in [6.45, 7) is 2.43. The molecule has 1 aromatic heterocycles. The number of benzene rings is 1. The zero-order valence-electron chi connectivity index (χ0n) is 11.6. The van der Waals surface area contributed by atoms with Crippen LogP contribution in [0.2, 0.25) is 0 Å². The van der Waals surface area contributed by atoms with Gasteiger partial charge in [-0.1, -0.05) is 0 Å². The van der Waals surface area contributed by atoms with Gasteiger partial charge in [0.2, 0.25) is 0 Å². The van der Waals surface area contributed by atoms with Crippen molar-refractivity contribution in [1.29, 1.82) is 0 Å². The Kier molecular flexibility index (Phi) is 4.74. The third-order valence-electron chi connectivity index (χ3n) is 2.78. The van der Waals surface area contributed by atoms with E-state index in [9.17, 15) is 13.2 Å². The maximum absolute atomic E-state index is 13.8. The molecule has 0 fully saturated rings. The lowest BCUT2D eigenvalue weighted by Crippen LogP contribution is -2.05. The first-order chi connectivity index (χ1) is 10.1. The van der Waals surface area contributed by atoms with E-state index < -0.39 is 17.5 Å². The number of nitrogens with one attached hydrogen (secondary N) is 1. The van der Waals surface area contributed by atoms with E-state index in [4.69, 9.17) is 4.74 Å². The predicted molar refractivity (Wildman–Crippen MR) is 72.2 cm³/mol. The summed E-state index contributed by atoms with van der Waals surface area (Å²) in [5.74, 6) is -3.29. The van der Waals surface area contributed by atoms with E-state index in [2.05, 4.69) is 15.3 Å². The van der Waals surface area contributed by atoms with Crippen molar-refractivity contribution in [3.8, 4) is 11.3 Å². The molecule has 0 unspecified atom stereocenters. The molecule has 1 heterocycles. The highest BCUT2D eigenvalue weighted by molar-refractivity contribution is 5.63. The molecule has 0 amide bonds. The number of hydrogen-bond acceptors (Lipinski definition) is 4. The van der Waals surface area contributed by atoms with Crippen molar-refractivity contribution in [2.75, 3.05) is 19.0 Å². The van der Waals surface area contributed by atoms with E-state index in [-0.39, 0.29) is 17.9 Å². The Morgan fingerprint density at radius 1 is 1.14 bits per heavy atom. The summed E-state index contributed by atoms with van der Waals surface area (Å²) in [4.78, 5) is 8.26. The molecule has 112 valence electrons. The minimum absolute atomic E-state index is 0.134. The molecule has 0 spiro atoms. The zero-order valence-corrected chi connectivity index (χ0v) is 11.6. The second-order valence-corrected chi connectivity index (χ2v) is 4.16. The van der Waals surface area contributed by atoms with Gasteiger partial charge < -0.3 is 10.1 Å². The van der Waals surface area contributed by atoms with Crippen LogP contribution in [-0.2, 0) is 11.3 Å². The Hall–Kier alpha value is -2.15. The Labute approximate surface area is 120 Å². The van der Waals surface area contributed by atoms with Crippen LogP contribution in [0.4, 0.5) is 19.0 Å². The lowest BCUT2D eigenvalue weighted by atomic mass is 10.1. The molecular formula is C14H14F3N3O. The number of ether oxygens (including phenoxy) is 1. The van der Waals surface area contributed by atoms with Gasteiger partial charge in [0, 0.05) is 25.3 Å². The van der Waals surface area contributed by atoms with Crippen LogP contribution >= 0.6 is 0 Å². The number of hydrogen-bond donors (Lipinski definition) is 1. The molecule has 7 heteroatoms. The van der Waals surface area contributed by atoms with E-state index in [0.29, 0.717) is 18.2 Å². The maximum Gasteiger partial charge on any atom is 0.195 e. The number of anilines is 1. The lowest BCUT2D eigenvalue weighted by molar-refractivity contribution is 0.128. The Balaban J connectivity index is 2.50. The van der Waals surface area contributed by atoms with Crippen LogP contribution < -0.4 is 5.32 Å². The van der Waals surface area contributed by atoms with Crippen LogP contribution in [0, 0.1) is 17.5 Å². The molecule has 21 heavy (non-hydrogen) atoms. The molecule has 0 bridgehead atoms. The van der Waals surface area contributed by atoms with Crippen LogP contribution in [0.3, 0.4) is 0 Å². The van der Waals surface area contributed by atoms with Crippen molar-refractivity contribution in [2.24, 2.45) is 0 Å². The third-order valence-corrected chi connectivity index (χ3v) is 2.78. The highest BCUT2D eigenvalue weighted by atomic mass is 19.2. The van der Waals surface area contributed by atoms with Crippen molar-refractivity contribution in [3.63, 3.8) is 0 Å². The van der Waals surface area contributed by atoms with Crippen molar-refractivity contribution >= 4 is 5.82 Å². The average Bonchev–Trinajstić information content (AvgIpc) is 2.50. The van der Waals surface area contributed by atoms with E-state index in [1.807, 2.05) is 6.92 Å². The minimum Gasteiger partial charge on any atom is -0.374 e. The van der Waals surface area contributed by atoms with Crippen molar-refractivity contribution < 1.29 is 17.9 Å². The fourth-order valence-corrected chi connectivity index (χ4v) is 1.74. The molecule has 0 aliphatic rings. The van der Waals surface area contributed by atoms with Gasteiger partial charge in [-0.05, 0) is 19.1 Å². The Bertz CT molecular complexity index is 650. The molecule has 0 atom stereocenters. The number of halogens is 3. The number of nitrogens with zero attached hydrogens (tertiary/aromatic N) is 2. The smallest absolute Gasteiger partial charge is 0.195 e. The van der Waals surface area contributed by atoms with Gasteiger partial charge in [-0.25, -0.2) is 23.1 Å². The second kappa shape index (κ2) is 6.53. The number of aromatic nitrogens is 2. The van der Waals surface area contributed by atoms with Gasteiger partial charge in [0.15, 0.2) is 23.3 Å². The molecule has 1 N–H and O–H groups in total. The maximum atomic E-state index is 13.8. The van der Waals surface area contributed by atoms with Crippen LogP contribution in [0.5, 0.6) is 0 Å². The summed E-state index contributed by atoms with van der Waals surface area (Å²) < 4.78 is 45.4. The molecule has 0 radical (unpaired) electrons. The first-order valence-corrected chi connectivity index (χ1v) is 6.34. The SMILES string of the molecule is CCOCc1nc(NC)cc(-c2ccc(F)c(F)c2F)n1. The average molecular weight is 297 g/mol. The molecule has 4 nitrogen and oxygen atoms in total. The lowest BCUT2D eigenvalue weighted by Gasteiger charge is -2.09. The highest BCUT2D eigenvalue weighted by Crippen LogP contribution is 2.26. The molecule has 0 aliphatic heterocycles. The first kappa shape index (κ1) is 15.2. The normalized spacial score (nSPS) is 10.7. The van der Waals surface area contributed by atoms with Gasteiger partial charge in [-0.15, -0.1) is 0 Å². The van der Waals surface area contributed by atoms with E-state index >= 15 is 0 Å². The van der Waals surface area contributed by atoms with Gasteiger partial charge >= 0.3 is 0 Å². The molecule has 0 saturated heterocycles. The van der Waals surface area contributed by atoms with E-state index in [1.54, 1.807) is 7.05 Å². The first-order valence-electron chi connectivity index (χ1n) is 6.34. The van der Waals surface area contributed by atoms with Gasteiger partial charge in [-0.2, -0.15) is 0 Å². The largest absolute Gasteiger partial charge is 0.374 e. The summed E-state index contributed by atoms with van der Waals surface area (Å²) >= 11 is 0. The molecule has 0 saturated carbocycles. The van der Waals surface area contributed by atoms with E-state index in [0.717, 1.165) is 12.1 Å². The summed E-state index contributed by atoms with van der Waals surface area (Å²) in [6.07, 6.45) is 0. The summed E-state index contributed by atoms with van der Waals surface area (Å²) in [7, 11) is 1.64. The molecule has 1 aromatic carbocycles. The summed E-state index contributed by atoms with van der Waals surface area (Å²) in [5.41, 5.74) is 0.0194. The quantitative estimate of drug-likeness (QED) is 0.861. The van der Waals surface area contributed by atoms with Gasteiger partial charge in [0.1, 0.15) is 12.4 Å². The summed E-state index contributed by atoms with van der Waals surface area (Å²) in [6, 6.07) is 3.45. The molecule has 2 aromatic rings. The predicted octanol–water partition coefficient (Wildman–Crippen LogP) is 3.14. The van der Waals surface area contributed by atoms with Crippen LogP contribution in [0.25, 0.3) is 11.3 Å². The highest BCUT2D eigenvalue weighted by Gasteiger charge is 2.17. The van der Waals surface area contributed by atoms with Crippen LogP contribution in [-0.4, -0.2) is 23.6 Å². The minimum atomic E-state index is -1.52. The summed E-state index contributed by atoms with van der Waals surface area (Å²) in [5, 5.41) is 2.80. The Morgan fingerprint density at radius 2 is 1.90 bits per heavy atom. The molecular weight excluding hydrogens is 283 g/mol. The van der Waals surface area contributed by atoms with Gasteiger partial charge in [0.25, 0.3) is 0 Å². The molecule has 2 rings (SSSR count). The van der Waals surface area contributed by atoms with Crippen molar-refractivity contribution in [1.82, 2.24) is 9.97 Å². The van der Waals surface area contributed by atoms with Gasteiger partial charge in [0.05, 0.1) is 5.69 Å². The van der Waals surface area contributed by atoms with Crippen molar-refractivity contribution in [2.45, 2.75) is 13.5 Å². The van der Waals surface area contributed by atoms with Crippen LogP contribution in [0.1, 0.15) is 12.7 Å². The standard InChI is InChI=1S/C14H14F3N3O/c1-3-21-7-12-19-10(6-11(18-2)20-12)8-4-5-9(15)14(17)13(8)16/h4-6H,3,7H2,1-2H3,(H,18,19,20). The van der Waals surface area contributed by atoms with Gasteiger partial charge in [-0.3, -0.25) is 0 Å².